The fourth-order valence-corrected chi connectivity index (χ4v) is 3.21. The van der Waals surface area contributed by atoms with E-state index >= 15 is 0 Å². The third-order valence-electron chi connectivity index (χ3n) is 4.76. The summed E-state index contributed by atoms with van der Waals surface area (Å²) in [6, 6.07) is 6.97. The number of nitrogens with zero attached hydrogens (tertiary/aromatic N) is 2. The molecule has 1 unspecified atom stereocenters. The van der Waals surface area contributed by atoms with Crippen molar-refractivity contribution in [3.05, 3.63) is 30.1 Å². The first-order valence-corrected chi connectivity index (χ1v) is 7.54. The molecule has 2 N–H and O–H groups in total. The molecule has 0 spiro atoms. The quantitative estimate of drug-likeness (QED) is 0.919. The average molecular weight is 279 g/mol. The van der Waals surface area contributed by atoms with Crippen LogP contribution in [0.1, 0.15) is 26.2 Å². The molecule has 1 aromatic rings. The second kappa shape index (κ2) is 6.55. The zero-order chi connectivity index (χ0) is 14.6. The van der Waals surface area contributed by atoms with Gasteiger partial charge in [-0.2, -0.15) is 0 Å². The molecule has 2 rings (SSSR count). The van der Waals surface area contributed by atoms with E-state index in [2.05, 4.69) is 16.7 Å². The minimum Gasteiger partial charge on any atom is -0.365 e. The lowest BCUT2D eigenvalue weighted by Gasteiger charge is -2.42. The summed E-state index contributed by atoms with van der Waals surface area (Å²) in [4.78, 5) is 4.52. The van der Waals surface area contributed by atoms with Crippen molar-refractivity contribution in [1.29, 1.82) is 0 Å². The number of nitrogens with two attached hydrogens (primary N) is 1. The van der Waals surface area contributed by atoms with E-state index in [1.807, 2.05) is 19.2 Å². The molecule has 0 aliphatic carbocycles. The van der Waals surface area contributed by atoms with Crippen LogP contribution in [0.25, 0.3) is 0 Å². The predicted octanol–water partition coefficient (Wildman–Crippen LogP) is 2.47. The van der Waals surface area contributed by atoms with Crippen molar-refractivity contribution in [2.24, 2.45) is 5.73 Å². The molecule has 1 atom stereocenters. The smallest absolute Gasteiger partial charge is 0.146 e. The number of rotatable bonds is 4. The maximum Gasteiger partial charge on any atom is 0.146 e. The third kappa shape index (κ3) is 2.96. The van der Waals surface area contributed by atoms with Gasteiger partial charge in [0.1, 0.15) is 5.82 Å². The van der Waals surface area contributed by atoms with Gasteiger partial charge in [0.15, 0.2) is 0 Å². The molecule has 0 aromatic heterocycles. The summed E-state index contributed by atoms with van der Waals surface area (Å²) in [5, 5.41) is 0. The molecule has 0 amide bonds. The van der Waals surface area contributed by atoms with E-state index in [4.69, 9.17) is 5.73 Å². The number of likely N-dealkylation sites (N-methyl/N-ethyl adjacent to an activating group) is 1. The van der Waals surface area contributed by atoms with Crippen LogP contribution in [0.2, 0.25) is 0 Å². The highest BCUT2D eigenvalue weighted by Crippen LogP contribution is 2.32. The monoisotopic (exact) mass is 279 g/mol. The molecule has 3 nitrogen and oxygen atoms in total. The summed E-state index contributed by atoms with van der Waals surface area (Å²) in [5.41, 5.74) is 6.62. The second-order valence-corrected chi connectivity index (χ2v) is 5.73. The van der Waals surface area contributed by atoms with Gasteiger partial charge in [0.05, 0.1) is 11.2 Å². The number of anilines is 1. The molecule has 1 fully saturated rings. The van der Waals surface area contributed by atoms with Gasteiger partial charge >= 0.3 is 0 Å². The van der Waals surface area contributed by atoms with Crippen LogP contribution in [0.15, 0.2) is 24.3 Å². The fourth-order valence-electron chi connectivity index (χ4n) is 3.21. The first-order valence-electron chi connectivity index (χ1n) is 7.54. The Morgan fingerprint density at radius 3 is 2.70 bits per heavy atom. The maximum absolute atomic E-state index is 14.1. The van der Waals surface area contributed by atoms with E-state index < -0.39 is 0 Å². The van der Waals surface area contributed by atoms with Gasteiger partial charge in [0, 0.05) is 20.1 Å². The highest BCUT2D eigenvalue weighted by molar-refractivity contribution is 5.49. The van der Waals surface area contributed by atoms with E-state index in [0.717, 1.165) is 38.9 Å². The molecule has 1 heterocycles. The summed E-state index contributed by atoms with van der Waals surface area (Å²) in [6.07, 6.45) is 3.12. The van der Waals surface area contributed by atoms with Gasteiger partial charge < -0.3 is 15.5 Å². The summed E-state index contributed by atoms with van der Waals surface area (Å²) < 4.78 is 14.1. The van der Waals surface area contributed by atoms with E-state index in [-0.39, 0.29) is 11.4 Å². The van der Waals surface area contributed by atoms with Crippen LogP contribution in [0.5, 0.6) is 0 Å². The minimum atomic E-state index is -0.167. The zero-order valence-corrected chi connectivity index (χ0v) is 12.6. The Morgan fingerprint density at radius 1 is 1.30 bits per heavy atom. The van der Waals surface area contributed by atoms with Crippen molar-refractivity contribution in [3.63, 3.8) is 0 Å². The largest absolute Gasteiger partial charge is 0.365 e. The number of hydrogen-bond donors (Lipinski definition) is 1. The van der Waals surface area contributed by atoms with Crippen LogP contribution in [-0.4, -0.2) is 43.7 Å². The highest BCUT2D eigenvalue weighted by atomic mass is 19.1. The molecule has 1 aliphatic heterocycles. The van der Waals surface area contributed by atoms with Gasteiger partial charge in [0.2, 0.25) is 0 Å². The average Bonchev–Trinajstić information content (AvgIpc) is 2.70. The lowest BCUT2D eigenvalue weighted by molar-refractivity contribution is 0.287. The Morgan fingerprint density at radius 2 is 2.05 bits per heavy atom. The third-order valence-corrected chi connectivity index (χ3v) is 4.76. The molecule has 4 heteroatoms. The Hall–Kier alpha value is -1.13. The lowest BCUT2D eigenvalue weighted by atomic mass is 9.88. The topological polar surface area (TPSA) is 32.5 Å². The van der Waals surface area contributed by atoms with E-state index in [1.165, 1.54) is 6.07 Å². The normalized spacial score (nSPS) is 24.4. The Bertz CT molecular complexity index is 437. The van der Waals surface area contributed by atoms with Gasteiger partial charge in [-0.25, -0.2) is 4.39 Å². The molecular weight excluding hydrogens is 253 g/mol. The molecule has 1 aliphatic rings. The Labute approximate surface area is 121 Å². The highest BCUT2D eigenvalue weighted by Gasteiger charge is 2.36. The molecule has 0 saturated carbocycles. The summed E-state index contributed by atoms with van der Waals surface area (Å²) >= 11 is 0. The lowest BCUT2D eigenvalue weighted by Crippen LogP contribution is -2.53. The molecule has 20 heavy (non-hydrogen) atoms. The minimum absolute atomic E-state index is 0.133. The SMILES string of the molecule is CCN1CCCC(CN)(N(C)c2ccccc2F)CC1. The van der Waals surface area contributed by atoms with Crippen molar-refractivity contribution in [3.8, 4) is 0 Å². The van der Waals surface area contributed by atoms with Crippen LogP contribution >= 0.6 is 0 Å². The van der Waals surface area contributed by atoms with Crippen LogP contribution in [-0.2, 0) is 0 Å². The number of benzene rings is 1. The van der Waals surface area contributed by atoms with Gasteiger partial charge in [-0.15, -0.1) is 0 Å². The van der Waals surface area contributed by atoms with Crippen LogP contribution in [0, 0.1) is 5.82 Å². The number of likely N-dealkylation sites (tertiary alicyclic amines) is 1. The van der Waals surface area contributed by atoms with Crippen molar-refractivity contribution in [1.82, 2.24) is 4.90 Å². The number of hydrogen-bond acceptors (Lipinski definition) is 3. The van der Waals surface area contributed by atoms with E-state index in [0.29, 0.717) is 12.2 Å². The van der Waals surface area contributed by atoms with Crippen LogP contribution < -0.4 is 10.6 Å². The molecule has 112 valence electrons. The summed E-state index contributed by atoms with van der Waals surface area (Å²) in [7, 11) is 1.98. The van der Waals surface area contributed by atoms with Crippen LogP contribution in [0.4, 0.5) is 10.1 Å². The maximum atomic E-state index is 14.1. The van der Waals surface area contributed by atoms with E-state index in [1.54, 1.807) is 6.07 Å². The number of halogens is 1. The van der Waals surface area contributed by atoms with Crippen molar-refractivity contribution >= 4 is 5.69 Å². The standard InChI is InChI=1S/C16H26FN3/c1-3-20-11-6-9-16(13-18,10-12-20)19(2)15-8-5-4-7-14(15)17/h4-5,7-8H,3,6,9-13,18H2,1-2H3. The summed E-state index contributed by atoms with van der Waals surface area (Å²) in [5.74, 6) is -0.167. The molecule has 0 radical (unpaired) electrons. The Kier molecular flexibility index (Phi) is 5.00. The molecule has 1 saturated heterocycles. The van der Waals surface area contributed by atoms with E-state index in [9.17, 15) is 4.39 Å². The second-order valence-electron chi connectivity index (χ2n) is 5.73. The van der Waals surface area contributed by atoms with Gasteiger partial charge in [-0.1, -0.05) is 19.1 Å². The first-order chi connectivity index (χ1) is 9.63. The summed E-state index contributed by atoms with van der Waals surface area (Å²) in [6.45, 7) is 5.98. The predicted molar refractivity (Wildman–Crippen MR) is 82.6 cm³/mol. The Balaban J connectivity index is 2.24. The zero-order valence-electron chi connectivity index (χ0n) is 12.6. The van der Waals surface area contributed by atoms with Gasteiger partial charge in [-0.3, -0.25) is 0 Å². The fraction of sp³-hybridized carbons (Fsp3) is 0.625. The van der Waals surface area contributed by atoms with Crippen molar-refractivity contribution in [2.75, 3.05) is 38.1 Å². The molecular formula is C16H26FN3. The van der Waals surface area contributed by atoms with Gasteiger partial charge in [0.25, 0.3) is 0 Å². The number of para-hydroxylation sites is 1. The van der Waals surface area contributed by atoms with Gasteiger partial charge in [-0.05, 0) is 44.5 Å². The van der Waals surface area contributed by atoms with Crippen LogP contribution in [0.3, 0.4) is 0 Å². The first kappa shape index (κ1) is 15.3. The molecule has 1 aromatic carbocycles. The van der Waals surface area contributed by atoms with Crippen molar-refractivity contribution < 1.29 is 4.39 Å². The van der Waals surface area contributed by atoms with Crippen molar-refractivity contribution in [2.45, 2.75) is 31.7 Å². The molecule has 0 bridgehead atoms.